The number of fused-ring (bicyclic) bond motifs is 1. The average Bonchev–Trinajstić information content (AvgIpc) is 2.61. The van der Waals surface area contributed by atoms with Gasteiger partial charge in [0.2, 0.25) is 0 Å². The van der Waals surface area contributed by atoms with E-state index in [1.807, 2.05) is 0 Å². The standard InChI is InChI=1S/C18H16ClNO5/c1-11(17(21)20-14-4-2-3-13(19)10-14)25-18(22)12-5-6-15-16(9-12)24-8-7-23-15/h2-6,9-11H,7-8H2,1H3,(H,20,21)/t11-/m0/s1. The van der Waals surface area contributed by atoms with Gasteiger partial charge in [-0.05, 0) is 43.3 Å². The molecule has 1 amide bonds. The number of carbonyl (C=O) groups excluding carboxylic acids is 2. The lowest BCUT2D eigenvalue weighted by Crippen LogP contribution is -2.30. The molecule has 0 saturated carbocycles. The van der Waals surface area contributed by atoms with E-state index in [1.165, 1.54) is 6.92 Å². The fourth-order valence-electron chi connectivity index (χ4n) is 2.26. The van der Waals surface area contributed by atoms with Crippen LogP contribution in [0.2, 0.25) is 5.02 Å². The van der Waals surface area contributed by atoms with Gasteiger partial charge in [0.1, 0.15) is 13.2 Å². The first-order valence-electron chi connectivity index (χ1n) is 7.70. The highest BCUT2D eigenvalue weighted by Crippen LogP contribution is 2.31. The van der Waals surface area contributed by atoms with Crippen molar-refractivity contribution in [1.29, 1.82) is 0 Å². The molecule has 130 valence electrons. The van der Waals surface area contributed by atoms with Crippen molar-refractivity contribution < 1.29 is 23.8 Å². The fraction of sp³-hybridized carbons (Fsp3) is 0.222. The number of carbonyl (C=O) groups is 2. The molecule has 1 atom stereocenters. The highest BCUT2D eigenvalue weighted by Gasteiger charge is 2.21. The Morgan fingerprint density at radius 3 is 2.64 bits per heavy atom. The SMILES string of the molecule is C[C@H](OC(=O)c1ccc2c(c1)OCCO2)C(=O)Nc1cccc(Cl)c1. The number of hydrogen-bond donors (Lipinski definition) is 1. The summed E-state index contributed by atoms with van der Waals surface area (Å²) in [7, 11) is 0. The van der Waals surface area contributed by atoms with E-state index in [1.54, 1.807) is 42.5 Å². The third kappa shape index (κ3) is 4.22. The minimum absolute atomic E-state index is 0.284. The summed E-state index contributed by atoms with van der Waals surface area (Å²) in [5.74, 6) is -0.00911. The molecule has 2 aromatic carbocycles. The lowest BCUT2D eigenvalue weighted by Gasteiger charge is -2.19. The Hall–Kier alpha value is -2.73. The molecule has 2 aromatic rings. The van der Waals surface area contributed by atoms with Gasteiger partial charge >= 0.3 is 5.97 Å². The van der Waals surface area contributed by atoms with Crippen LogP contribution in [0.4, 0.5) is 5.69 Å². The molecule has 1 heterocycles. The van der Waals surface area contributed by atoms with Crippen molar-refractivity contribution in [3.8, 4) is 11.5 Å². The molecule has 7 heteroatoms. The minimum atomic E-state index is -0.973. The number of esters is 1. The molecular weight excluding hydrogens is 346 g/mol. The van der Waals surface area contributed by atoms with Crippen molar-refractivity contribution >= 4 is 29.2 Å². The maximum absolute atomic E-state index is 12.2. The number of nitrogens with one attached hydrogen (secondary N) is 1. The second kappa shape index (κ2) is 7.44. The first-order chi connectivity index (χ1) is 12.0. The monoisotopic (exact) mass is 361 g/mol. The van der Waals surface area contributed by atoms with Gasteiger partial charge in [-0.15, -0.1) is 0 Å². The number of ether oxygens (including phenoxy) is 3. The number of hydrogen-bond acceptors (Lipinski definition) is 5. The lowest BCUT2D eigenvalue weighted by molar-refractivity contribution is -0.123. The zero-order valence-electron chi connectivity index (χ0n) is 13.5. The molecule has 1 aliphatic heterocycles. The number of anilines is 1. The highest BCUT2D eigenvalue weighted by atomic mass is 35.5. The summed E-state index contributed by atoms with van der Waals surface area (Å²) in [4.78, 5) is 24.4. The van der Waals surface area contributed by atoms with Gasteiger partial charge in [0, 0.05) is 10.7 Å². The Morgan fingerprint density at radius 1 is 1.12 bits per heavy atom. The zero-order valence-corrected chi connectivity index (χ0v) is 14.2. The van der Waals surface area contributed by atoms with Crippen molar-refractivity contribution in [3.63, 3.8) is 0 Å². The van der Waals surface area contributed by atoms with Crippen molar-refractivity contribution in [1.82, 2.24) is 0 Å². The summed E-state index contributed by atoms with van der Waals surface area (Å²) in [6.07, 6.45) is -0.973. The van der Waals surface area contributed by atoms with Crippen molar-refractivity contribution in [2.24, 2.45) is 0 Å². The van der Waals surface area contributed by atoms with E-state index >= 15 is 0 Å². The molecule has 0 spiro atoms. The van der Waals surface area contributed by atoms with Gasteiger partial charge in [0.25, 0.3) is 5.91 Å². The summed E-state index contributed by atoms with van der Waals surface area (Å²) in [5, 5.41) is 3.14. The van der Waals surface area contributed by atoms with E-state index in [-0.39, 0.29) is 5.56 Å². The lowest BCUT2D eigenvalue weighted by atomic mass is 10.2. The van der Waals surface area contributed by atoms with Gasteiger partial charge in [-0.2, -0.15) is 0 Å². The summed E-state index contributed by atoms with van der Waals surface area (Å²) in [5.41, 5.74) is 0.811. The van der Waals surface area contributed by atoms with Crippen LogP contribution in [0, 0.1) is 0 Å². The third-order valence-electron chi connectivity index (χ3n) is 3.52. The molecule has 1 N–H and O–H groups in total. The van der Waals surface area contributed by atoms with Crippen LogP contribution in [-0.2, 0) is 9.53 Å². The number of amides is 1. The Bertz CT molecular complexity index is 808. The molecule has 3 rings (SSSR count). The Kier molecular flexibility index (Phi) is 5.09. The topological polar surface area (TPSA) is 73.9 Å². The first kappa shape index (κ1) is 17.1. The van der Waals surface area contributed by atoms with Crippen LogP contribution in [0.15, 0.2) is 42.5 Å². The number of benzene rings is 2. The van der Waals surface area contributed by atoms with E-state index in [9.17, 15) is 9.59 Å². The first-order valence-corrected chi connectivity index (χ1v) is 8.08. The molecule has 25 heavy (non-hydrogen) atoms. The molecule has 0 fully saturated rings. The second-order valence-electron chi connectivity index (χ2n) is 5.41. The average molecular weight is 362 g/mol. The van der Waals surface area contributed by atoms with E-state index in [0.29, 0.717) is 35.4 Å². The number of rotatable bonds is 4. The Balaban J connectivity index is 1.62. The molecule has 0 bridgehead atoms. The van der Waals surface area contributed by atoms with Gasteiger partial charge in [-0.1, -0.05) is 17.7 Å². The molecule has 1 aliphatic rings. The highest BCUT2D eigenvalue weighted by molar-refractivity contribution is 6.30. The smallest absolute Gasteiger partial charge is 0.339 e. The van der Waals surface area contributed by atoms with Gasteiger partial charge in [0.15, 0.2) is 17.6 Å². The van der Waals surface area contributed by atoms with Gasteiger partial charge in [-0.3, -0.25) is 4.79 Å². The molecule has 6 nitrogen and oxygen atoms in total. The van der Waals surface area contributed by atoms with Crippen LogP contribution in [-0.4, -0.2) is 31.2 Å². The molecule has 0 aliphatic carbocycles. The van der Waals surface area contributed by atoms with E-state index < -0.39 is 18.0 Å². The maximum Gasteiger partial charge on any atom is 0.339 e. The zero-order chi connectivity index (χ0) is 17.8. The van der Waals surface area contributed by atoms with Crippen LogP contribution in [0.1, 0.15) is 17.3 Å². The molecular formula is C18H16ClNO5. The molecule has 0 radical (unpaired) electrons. The fourth-order valence-corrected chi connectivity index (χ4v) is 2.45. The van der Waals surface area contributed by atoms with Crippen molar-refractivity contribution in [2.75, 3.05) is 18.5 Å². The summed E-state index contributed by atoms with van der Waals surface area (Å²) < 4.78 is 16.0. The predicted octanol–water partition coefficient (Wildman–Crippen LogP) is 3.30. The Morgan fingerprint density at radius 2 is 1.88 bits per heavy atom. The molecule has 0 unspecified atom stereocenters. The van der Waals surface area contributed by atoms with Crippen LogP contribution in [0.25, 0.3) is 0 Å². The van der Waals surface area contributed by atoms with Gasteiger partial charge in [0.05, 0.1) is 5.56 Å². The number of halogens is 1. The maximum atomic E-state index is 12.2. The van der Waals surface area contributed by atoms with E-state index in [2.05, 4.69) is 5.32 Å². The van der Waals surface area contributed by atoms with Crippen LogP contribution < -0.4 is 14.8 Å². The van der Waals surface area contributed by atoms with Crippen LogP contribution in [0.3, 0.4) is 0 Å². The minimum Gasteiger partial charge on any atom is -0.486 e. The van der Waals surface area contributed by atoms with E-state index in [0.717, 1.165) is 0 Å². The van der Waals surface area contributed by atoms with E-state index in [4.69, 9.17) is 25.8 Å². The quantitative estimate of drug-likeness (QED) is 0.846. The summed E-state index contributed by atoms with van der Waals surface area (Å²) in [6, 6.07) is 11.5. The van der Waals surface area contributed by atoms with Gasteiger partial charge < -0.3 is 19.5 Å². The molecule has 0 saturated heterocycles. The normalized spacial score (nSPS) is 13.7. The van der Waals surface area contributed by atoms with Crippen LogP contribution in [0.5, 0.6) is 11.5 Å². The second-order valence-corrected chi connectivity index (χ2v) is 5.84. The third-order valence-corrected chi connectivity index (χ3v) is 3.76. The summed E-state index contributed by atoms with van der Waals surface area (Å²) in [6.45, 7) is 2.39. The van der Waals surface area contributed by atoms with Crippen molar-refractivity contribution in [2.45, 2.75) is 13.0 Å². The van der Waals surface area contributed by atoms with Crippen LogP contribution >= 0.6 is 11.6 Å². The Labute approximate surface area is 149 Å². The largest absolute Gasteiger partial charge is 0.486 e. The van der Waals surface area contributed by atoms with Gasteiger partial charge in [-0.25, -0.2) is 4.79 Å². The summed E-state index contributed by atoms with van der Waals surface area (Å²) >= 11 is 5.87. The predicted molar refractivity (Wildman–Crippen MR) is 92.4 cm³/mol. The molecule has 0 aromatic heterocycles. The van der Waals surface area contributed by atoms with Crippen molar-refractivity contribution in [3.05, 3.63) is 53.1 Å².